The van der Waals surface area contributed by atoms with E-state index >= 15 is 0 Å². The molecule has 2 aliphatic heterocycles. The number of hydrogen-bond acceptors (Lipinski definition) is 7. The van der Waals surface area contributed by atoms with Gasteiger partial charge in [0.15, 0.2) is 0 Å². The maximum atomic E-state index is 12.6. The van der Waals surface area contributed by atoms with Crippen molar-refractivity contribution in [1.29, 1.82) is 0 Å². The highest BCUT2D eigenvalue weighted by atomic mass is 16.5. The molecule has 2 aromatic heterocycles. The monoisotopic (exact) mass is 357 g/mol. The molecule has 0 spiro atoms. The lowest BCUT2D eigenvalue weighted by Gasteiger charge is -2.20. The van der Waals surface area contributed by atoms with Crippen LogP contribution in [0.4, 0.5) is 5.82 Å². The minimum atomic E-state index is 0.0479. The predicted octanol–water partition coefficient (Wildman–Crippen LogP) is 0.205. The lowest BCUT2D eigenvalue weighted by molar-refractivity contribution is -0.131. The molecular weight excluding hydrogens is 334 g/mol. The van der Waals surface area contributed by atoms with Crippen molar-refractivity contribution in [2.45, 2.75) is 38.8 Å². The summed E-state index contributed by atoms with van der Waals surface area (Å²) in [6, 6.07) is 0.293. The number of fused-ring (bicyclic) bond motifs is 1. The van der Waals surface area contributed by atoms with E-state index in [0.29, 0.717) is 25.7 Å². The minimum Gasteiger partial charge on any atom is -0.379 e. The Morgan fingerprint density at radius 1 is 1.35 bits per heavy atom. The second-order valence-corrected chi connectivity index (χ2v) is 6.72. The molecule has 0 bridgehead atoms. The van der Waals surface area contributed by atoms with Crippen LogP contribution in [0, 0.1) is 6.92 Å². The van der Waals surface area contributed by atoms with Crippen LogP contribution in [-0.2, 0) is 28.9 Å². The van der Waals surface area contributed by atoms with E-state index in [0.717, 1.165) is 48.8 Å². The molecule has 1 atom stereocenters. The fourth-order valence-electron chi connectivity index (χ4n) is 3.49. The van der Waals surface area contributed by atoms with Gasteiger partial charge in [-0.1, -0.05) is 0 Å². The van der Waals surface area contributed by atoms with E-state index in [-0.39, 0.29) is 12.5 Å². The van der Waals surface area contributed by atoms with Gasteiger partial charge in [0.05, 0.1) is 18.3 Å². The largest absolute Gasteiger partial charge is 0.379 e. The van der Waals surface area contributed by atoms with Crippen LogP contribution in [0.5, 0.6) is 0 Å². The molecule has 1 amide bonds. The van der Waals surface area contributed by atoms with Gasteiger partial charge in [0, 0.05) is 31.7 Å². The van der Waals surface area contributed by atoms with Crippen LogP contribution in [0.3, 0.4) is 0 Å². The SMILES string of the molecule is Cc1nc2c(c(NC3CCOC3)n1)CCN(C(=O)Cn1cncn1)CC2. The number of rotatable bonds is 4. The van der Waals surface area contributed by atoms with Crippen LogP contribution in [0.25, 0.3) is 0 Å². The van der Waals surface area contributed by atoms with Crippen molar-refractivity contribution in [2.24, 2.45) is 0 Å². The summed E-state index contributed by atoms with van der Waals surface area (Å²) in [5.41, 5.74) is 2.16. The number of aromatic nitrogens is 5. The average Bonchev–Trinajstić information content (AvgIpc) is 3.26. The normalized spacial score (nSPS) is 19.9. The molecule has 1 N–H and O–H groups in total. The van der Waals surface area contributed by atoms with E-state index in [1.165, 1.54) is 6.33 Å². The Hall–Kier alpha value is -2.55. The van der Waals surface area contributed by atoms with Gasteiger partial charge in [0.1, 0.15) is 30.8 Å². The van der Waals surface area contributed by atoms with Crippen molar-refractivity contribution >= 4 is 11.7 Å². The number of anilines is 1. The summed E-state index contributed by atoms with van der Waals surface area (Å²) in [5.74, 6) is 1.70. The van der Waals surface area contributed by atoms with Crippen LogP contribution in [-0.4, -0.2) is 67.9 Å². The number of carbonyl (C=O) groups excluding carboxylic acids is 1. The molecule has 0 saturated carbocycles. The molecule has 4 heterocycles. The first-order valence-electron chi connectivity index (χ1n) is 9.00. The number of ether oxygens (including phenoxy) is 1. The Morgan fingerprint density at radius 3 is 3.00 bits per heavy atom. The van der Waals surface area contributed by atoms with Crippen molar-refractivity contribution in [1.82, 2.24) is 29.6 Å². The van der Waals surface area contributed by atoms with Gasteiger partial charge in [-0.25, -0.2) is 19.6 Å². The Bertz CT molecular complexity index is 772. The molecule has 9 heteroatoms. The minimum absolute atomic E-state index is 0.0479. The van der Waals surface area contributed by atoms with E-state index in [2.05, 4.69) is 25.4 Å². The number of nitrogens with zero attached hydrogens (tertiary/aromatic N) is 6. The van der Waals surface area contributed by atoms with E-state index < -0.39 is 0 Å². The molecule has 0 aromatic carbocycles. The van der Waals surface area contributed by atoms with Gasteiger partial charge in [-0.05, 0) is 19.8 Å². The standard InChI is InChI=1S/C17H23N7O2/c1-12-20-15-3-6-23(16(25)8-24-11-18-10-19-24)5-2-14(15)17(21-12)22-13-4-7-26-9-13/h10-11,13H,2-9H2,1H3,(H,20,21,22). The number of nitrogens with one attached hydrogen (secondary N) is 1. The Balaban J connectivity index is 1.48. The third kappa shape index (κ3) is 3.67. The molecule has 1 unspecified atom stereocenters. The maximum Gasteiger partial charge on any atom is 0.244 e. The van der Waals surface area contributed by atoms with Gasteiger partial charge < -0.3 is 15.0 Å². The van der Waals surface area contributed by atoms with Crippen molar-refractivity contribution < 1.29 is 9.53 Å². The van der Waals surface area contributed by atoms with Crippen LogP contribution in [0.2, 0.25) is 0 Å². The quantitative estimate of drug-likeness (QED) is 0.835. The molecule has 1 saturated heterocycles. The summed E-state index contributed by atoms with van der Waals surface area (Å²) in [6.07, 6.45) is 5.46. The first-order chi connectivity index (χ1) is 12.7. The second kappa shape index (κ2) is 7.36. The van der Waals surface area contributed by atoms with Crippen molar-refractivity contribution in [3.63, 3.8) is 0 Å². The predicted molar refractivity (Wildman–Crippen MR) is 93.6 cm³/mol. The van der Waals surface area contributed by atoms with Crippen LogP contribution < -0.4 is 5.32 Å². The Kier molecular flexibility index (Phi) is 4.79. The summed E-state index contributed by atoms with van der Waals surface area (Å²) in [4.78, 5) is 27.6. The molecule has 0 radical (unpaired) electrons. The topological polar surface area (TPSA) is 98.1 Å². The average molecular weight is 357 g/mol. The number of hydrogen-bond donors (Lipinski definition) is 1. The summed E-state index contributed by atoms with van der Waals surface area (Å²) in [7, 11) is 0. The Morgan fingerprint density at radius 2 is 2.23 bits per heavy atom. The number of aryl methyl sites for hydroxylation is 1. The molecule has 0 aliphatic carbocycles. The summed E-state index contributed by atoms with van der Waals surface area (Å²) >= 11 is 0. The zero-order valence-electron chi connectivity index (χ0n) is 14.9. The highest BCUT2D eigenvalue weighted by Crippen LogP contribution is 2.23. The molecule has 26 heavy (non-hydrogen) atoms. The first-order valence-corrected chi connectivity index (χ1v) is 9.00. The lowest BCUT2D eigenvalue weighted by Crippen LogP contribution is -2.36. The molecule has 1 fully saturated rings. The highest BCUT2D eigenvalue weighted by Gasteiger charge is 2.24. The van der Waals surface area contributed by atoms with E-state index in [1.54, 1.807) is 11.0 Å². The van der Waals surface area contributed by atoms with Crippen LogP contribution in [0.15, 0.2) is 12.7 Å². The summed E-state index contributed by atoms with van der Waals surface area (Å²) in [5, 5.41) is 7.53. The smallest absolute Gasteiger partial charge is 0.244 e. The van der Waals surface area contributed by atoms with Crippen molar-refractivity contribution in [3.8, 4) is 0 Å². The maximum absolute atomic E-state index is 12.6. The second-order valence-electron chi connectivity index (χ2n) is 6.72. The molecule has 9 nitrogen and oxygen atoms in total. The van der Waals surface area contributed by atoms with E-state index in [1.807, 2.05) is 11.8 Å². The van der Waals surface area contributed by atoms with E-state index in [9.17, 15) is 4.79 Å². The molecule has 4 rings (SSSR count). The summed E-state index contributed by atoms with van der Waals surface area (Å²) < 4.78 is 7.01. The molecule has 2 aromatic rings. The van der Waals surface area contributed by atoms with Crippen molar-refractivity contribution in [3.05, 3.63) is 29.7 Å². The van der Waals surface area contributed by atoms with Gasteiger partial charge in [-0.3, -0.25) is 4.79 Å². The molecule has 2 aliphatic rings. The van der Waals surface area contributed by atoms with Crippen LogP contribution in [0.1, 0.15) is 23.5 Å². The van der Waals surface area contributed by atoms with Gasteiger partial charge in [-0.2, -0.15) is 5.10 Å². The summed E-state index contributed by atoms with van der Waals surface area (Å²) in [6.45, 7) is 4.93. The van der Waals surface area contributed by atoms with Crippen molar-refractivity contribution in [2.75, 3.05) is 31.6 Å². The third-order valence-electron chi connectivity index (χ3n) is 4.84. The number of amides is 1. The highest BCUT2D eigenvalue weighted by molar-refractivity contribution is 5.76. The van der Waals surface area contributed by atoms with Gasteiger partial charge in [0.25, 0.3) is 0 Å². The third-order valence-corrected chi connectivity index (χ3v) is 4.84. The van der Waals surface area contributed by atoms with Gasteiger partial charge in [-0.15, -0.1) is 0 Å². The van der Waals surface area contributed by atoms with Gasteiger partial charge >= 0.3 is 0 Å². The lowest BCUT2D eigenvalue weighted by atomic mass is 10.1. The van der Waals surface area contributed by atoms with Crippen LogP contribution >= 0.6 is 0 Å². The van der Waals surface area contributed by atoms with E-state index in [4.69, 9.17) is 4.74 Å². The first kappa shape index (κ1) is 16.9. The van der Waals surface area contributed by atoms with Gasteiger partial charge in [0.2, 0.25) is 5.91 Å². The zero-order chi connectivity index (χ0) is 17.9. The number of carbonyl (C=O) groups is 1. The molecule has 138 valence electrons. The fraction of sp³-hybridized carbons (Fsp3) is 0.588. The zero-order valence-corrected chi connectivity index (χ0v) is 14.9. The molecular formula is C17H23N7O2. The Labute approximate surface area is 151 Å². The fourth-order valence-corrected chi connectivity index (χ4v) is 3.49.